The summed E-state index contributed by atoms with van der Waals surface area (Å²) in [4.78, 5) is 169. The second-order valence-corrected chi connectivity index (χ2v) is 43.0. The van der Waals surface area contributed by atoms with Crippen molar-refractivity contribution in [2.75, 3.05) is 127 Å². The summed E-state index contributed by atoms with van der Waals surface area (Å²) in [7, 11) is 0. The molecule has 0 radical (unpaired) electrons. The van der Waals surface area contributed by atoms with E-state index in [0.717, 1.165) is 204 Å². The van der Waals surface area contributed by atoms with Gasteiger partial charge in [0.15, 0.2) is 0 Å². The zero-order valence-corrected chi connectivity index (χ0v) is 86.1. The Morgan fingerprint density at radius 2 is 0.289 bits per heavy atom. The summed E-state index contributed by atoms with van der Waals surface area (Å²) >= 11 is 4.39. The van der Waals surface area contributed by atoms with E-state index < -0.39 is 170 Å². The number of hydrogen-bond acceptors (Lipinski definition) is 31. The van der Waals surface area contributed by atoms with Crippen LogP contribution in [0.15, 0.2) is 291 Å². The molecule has 12 aromatic carbocycles. The first-order chi connectivity index (χ1) is 72.8. The normalized spacial score (nSPS) is 13.2. The Morgan fingerprint density at radius 3 is 0.416 bits per heavy atom. The topological polar surface area (TPSA) is 325 Å². The molecule has 0 N–H and O–H groups in total. The van der Waals surface area contributed by atoms with Crippen LogP contribution in [0.4, 0.5) is 28.8 Å². The molecule has 0 spiro atoms. The van der Waals surface area contributed by atoms with Crippen molar-refractivity contribution in [1.29, 1.82) is 0 Å². The number of fused-ring (bicyclic) bond motifs is 18. The highest BCUT2D eigenvalue weighted by Gasteiger charge is 2.44. The van der Waals surface area contributed by atoms with Crippen LogP contribution in [-0.4, -0.2) is 195 Å². The number of benzene rings is 12. The van der Waals surface area contributed by atoms with Gasteiger partial charge in [0.25, 0.3) is 0 Å². The first-order valence-electron chi connectivity index (χ1n) is 49.2. The standard InChI is InChI=1S/C118H106O25S6/c119-105(49-55-144-111(125)132-61-99-87-37-13-1-25-75(87)76-26-2-14-38-88(76)99)138-69-117(70-139-106(120)50-56-145-112(126)133-62-100-89-39-15-3-27-77(89)78-28-4-16-40-90(78)100,71-140-107(121)51-57-146-113(127)134-63-101-91-41-17-5-29-79(91)80-30-6-18-42-92(80)101)67-131-68-118(72-141-108(122)52-58-147-114(128)135-64-102-93-43-19-7-31-81(93)82-32-8-20-44-94(82)102,73-142-109(123)53-59-148-115(129)136-65-103-95-45-21-9-33-83(95)84-34-10-22-46-96(84)103)74-143-110(124)54-60-149-116(130)137-66-104-97-47-23-11-35-85(97)86-36-12-24-48-98(86)104/h1-48,99-104H,49-74H2. The Hall–Kier alpha value is -13.7. The van der Waals surface area contributed by atoms with Crippen LogP contribution in [0.1, 0.15) is 141 Å². The molecule has 0 aromatic heterocycles. The molecule has 31 heteroatoms. The largest absolute Gasteiger partial charge is 0.465 e. The van der Waals surface area contributed by atoms with Gasteiger partial charge in [-0.15, -0.1) is 0 Å². The van der Waals surface area contributed by atoms with Gasteiger partial charge >= 0.3 is 67.6 Å². The fourth-order valence-electron chi connectivity index (χ4n) is 19.9. The average molecular weight is 2120 g/mol. The van der Waals surface area contributed by atoms with Crippen molar-refractivity contribution < 1.29 is 119 Å². The highest BCUT2D eigenvalue weighted by atomic mass is 32.2. The van der Waals surface area contributed by atoms with Crippen LogP contribution in [0.25, 0.3) is 66.8 Å². The molecule has 25 nitrogen and oxygen atoms in total. The minimum Gasteiger partial charge on any atom is -0.465 e. The molecule has 0 aliphatic heterocycles. The SMILES string of the molecule is O=C(CCSC(=O)OCC1c2ccccc2-c2ccccc21)OCC(COCC(COC(=O)CCSC(=O)OCC1c2ccccc2-c2ccccc21)(COC(=O)CCSC(=O)OCC1c2ccccc2-c2ccccc21)COC(=O)CCSC(=O)OCC1c2ccccc2-c2ccccc21)(COC(=O)CCSC(=O)OCC1c2ccccc2-c2ccccc21)COC(=O)CCSC(=O)OCC1c2ccccc2-c2ccccc21. The van der Waals surface area contributed by atoms with E-state index in [2.05, 4.69) is 0 Å². The number of ether oxygens (including phenoxy) is 13. The van der Waals surface area contributed by atoms with E-state index in [1.54, 1.807) is 0 Å². The number of esters is 6. The summed E-state index contributed by atoms with van der Waals surface area (Å²) in [6.45, 7) is -6.12. The molecule has 0 bridgehead atoms. The Bertz CT molecular complexity index is 5650. The minimum atomic E-state index is -1.97. The fourth-order valence-corrected chi connectivity index (χ4v) is 23.4. The second kappa shape index (κ2) is 50.6. The zero-order chi connectivity index (χ0) is 103. The lowest BCUT2D eigenvalue weighted by atomic mass is 9.90. The van der Waals surface area contributed by atoms with Crippen LogP contribution in [0, 0.1) is 10.8 Å². The number of hydrogen-bond donors (Lipinski definition) is 0. The lowest BCUT2D eigenvalue weighted by Gasteiger charge is -2.35. The highest BCUT2D eigenvalue weighted by Crippen LogP contribution is 2.52. The van der Waals surface area contributed by atoms with Gasteiger partial charge < -0.3 is 61.6 Å². The van der Waals surface area contributed by atoms with E-state index in [-0.39, 0.29) is 110 Å². The van der Waals surface area contributed by atoms with Crippen molar-refractivity contribution in [2.45, 2.75) is 74.0 Å². The first-order valence-corrected chi connectivity index (χ1v) is 55.1. The van der Waals surface area contributed by atoms with Crippen LogP contribution in [-0.2, 0) is 90.3 Å². The third-order valence-electron chi connectivity index (χ3n) is 27.2. The molecule has 18 rings (SSSR count). The van der Waals surface area contributed by atoms with Gasteiger partial charge in [-0.3, -0.25) is 28.8 Å². The van der Waals surface area contributed by atoms with Gasteiger partial charge in [0.05, 0.1) is 62.6 Å². The lowest BCUT2D eigenvalue weighted by Crippen LogP contribution is -2.47. The molecule has 6 aliphatic rings. The molecule has 0 atom stereocenters. The maximum Gasteiger partial charge on any atom is 0.367 e. The molecule has 149 heavy (non-hydrogen) atoms. The Balaban J connectivity index is 0.598. The Kier molecular flexibility index (Phi) is 35.7. The van der Waals surface area contributed by atoms with Crippen molar-refractivity contribution in [3.8, 4) is 66.8 Å². The van der Waals surface area contributed by atoms with Gasteiger partial charge in [-0.25, -0.2) is 28.8 Å². The van der Waals surface area contributed by atoms with Crippen LogP contribution in [0.2, 0.25) is 0 Å². The van der Waals surface area contributed by atoms with Crippen LogP contribution in [0.5, 0.6) is 0 Å². The summed E-state index contributed by atoms with van der Waals surface area (Å²) in [5.41, 5.74) is 20.2. The van der Waals surface area contributed by atoms with Gasteiger partial charge in [0.2, 0.25) is 0 Å². The monoisotopic (exact) mass is 2110 g/mol. The molecular formula is C118H106O25S6. The van der Waals surface area contributed by atoms with Crippen molar-refractivity contribution >= 4 is 138 Å². The number of carbonyl (C=O) groups excluding carboxylic acids is 12. The van der Waals surface area contributed by atoms with Gasteiger partial charge in [-0.1, -0.05) is 291 Å². The van der Waals surface area contributed by atoms with Crippen molar-refractivity contribution in [2.24, 2.45) is 10.8 Å². The van der Waals surface area contributed by atoms with Crippen molar-refractivity contribution in [3.63, 3.8) is 0 Å². The fraction of sp³-hybridized carbons (Fsp3) is 0.288. The molecule has 0 heterocycles. The molecule has 0 fully saturated rings. The predicted octanol–water partition coefficient (Wildman–Crippen LogP) is 24.7. The van der Waals surface area contributed by atoms with E-state index >= 15 is 0 Å². The number of carbonyl (C=O) groups is 12. The maximum atomic E-state index is 14.5. The van der Waals surface area contributed by atoms with Crippen molar-refractivity contribution in [3.05, 3.63) is 358 Å². The van der Waals surface area contributed by atoms with E-state index in [1.165, 1.54) is 0 Å². The van der Waals surface area contributed by atoms with Gasteiger partial charge in [0, 0.05) is 70.0 Å². The van der Waals surface area contributed by atoms with Crippen LogP contribution in [0.3, 0.4) is 0 Å². The summed E-state index contributed by atoms with van der Waals surface area (Å²) in [5.74, 6) is -7.85. The molecule has 0 saturated carbocycles. The second-order valence-electron chi connectivity index (χ2n) is 36.8. The van der Waals surface area contributed by atoms with E-state index in [4.69, 9.17) is 61.6 Å². The molecule has 0 amide bonds. The first kappa shape index (κ1) is 105. The van der Waals surface area contributed by atoms with E-state index in [1.807, 2.05) is 291 Å². The van der Waals surface area contributed by atoms with Gasteiger partial charge in [-0.2, -0.15) is 0 Å². The average Bonchev–Trinajstić information content (AvgIpc) is 1.65. The van der Waals surface area contributed by atoms with Crippen LogP contribution < -0.4 is 0 Å². The van der Waals surface area contributed by atoms with Crippen molar-refractivity contribution in [1.82, 2.24) is 0 Å². The summed E-state index contributed by atoms with van der Waals surface area (Å²) in [6.07, 6.45) is -2.44. The smallest absolute Gasteiger partial charge is 0.367 e. The maximum absolute atomic E-state index is 14.5. The van der Waals surface area contributed by atoms with Gasteiger partial charge in [0.1, 0.15) is 79.3 Å². The molecule has 0 saturated heterocycles. The van der Waals surface area contributed by atoms with Gasteiger partial charge in [-0.05, 0) is 204 Å². The summed E-state index contributed by atoms with van der Waals surface area (Å²) in [5, 5.41) is -4.04. The number of rotatable bonds is 46. The molecule has 12 aromatic rings. The lowest BCUT2D eigenvalue weighted by molar-refractivity contribution is -0.174. The molecule has 764 valence electrons. The summed E-state index contributed by atoms with van der Waals surface area (Å²) in [6, 6.07) is 94.3. The molecular weight excluding hydrogens is 2010 g/mol. The third kappa shape index (κ3) is 26.1. The Labute approximate surface area is 887 Å². The molecule has 6 aliphatic carbocycles. The minimum absolute atomic E-state index is 0.00165. The molecule has 0 unspecified atom stereocenters. The predicted molar refractivity (Wildman–Crippen MR) is 574 cm³/mol. The van der Waals surface area contributed by atoms with E-state index in [9.17, 15) is 57.5 Å². The van der Waals surface area contributed by atoms with Crippen LogP contribution >= 0.6 is 70.6 Å². The highest BCUT2D eigenvalue weighted by molar-refractivity contribution is 8.14. The van der Waals surface area contributed by atoms with E-state index in [0.29, 0.717) is 0 Å². The number of thioether (sulfide) groups is 6. The zero-order valence-electron chi connectivity index (χ0n) is 81.2. The third-order valence-corrected chi connectivity index (χ3v) is 31.8. The quantitative estimate of drug-likeness (QED) is 0.0253. The summed E-state index contributed by atoms with van der Waals surface area (Å²) < 4.78 is 78.6. The Morgan fingerprint density at radius 1 is 0.168 bits per heavy atom.